The van der Waals surface area contributed by atoms with Gasteiger partial charge in [0.1, 0.15) is 10.6 Å². The zero-order valence-electron chi connectivity index (χ0n) is 16.1. The molecule has 0 N–H and O–H groups in total. The summed E-state index contributed by atoms with van der Waals surface area (Å²) in [5.74, 6) is 0.798. The molecule has 1 fully saturated rings. The number of benzene rings is 2. The average Bonchev–Trinajstić information content (AvgIpc) is 3.19. The molecule has 2 aromatic carbocycles. The number of para-hydroxylation sites is 1. The first-order valence-electron chi connectivity index (χ1n) is 9.60. The van der Waals surface area contributed by atoms with Crippen LogP contribution in [0.25, 0.3) is 10.9 Å². The van der Waals surface area contributed by atoms with Crippen molar-refractivity contribution < 1.29 is 13.2 Å². The molecule has 0 spiro atoms. The van der Waals surface area contributed by atoms with E-state index < -0.39 is 10.0 Å². The molecule has 28 heavy (non-hydrogen) atoms. The van der Waals surface area contributed by atoms with Crippen LogP contribution in [0.3, 0.4) is 0 Å². The molecule has 146 valence electrons. The van der Waals surface area contributed by atoms with Gasteiger partial charge in [-0.15, -0.1) is 0 Å². The van der Waals surface area contributed by atoms with Crippen molar-refractivity contribution in [1.29, 1.82) is 0 Å². The highest BCUT2D eigenvalue weighted by Crippen LogP contribution is 2.38. The highest BCUT2D eigenvalue weighted by atomic mass is 32.2. The maximum Gasteiger partial charge on any atom is 0.245 e. The lowest BCUT2D eigenvalue weighted by molar-refractivity contribution is 0.339. The molecule has 1 aromatic heterocycles. The van der Waals surface area contributed by atoms with Gasteiger partial charge in [0.15, 0.2) is 0 Å². The molecular formula is C22H24N2O3S. The number of fused-ring (bicyclic) bond motifs is 1. The Labute approximate surface area is 166 Å². The van der Waals surface area contributed by atoms with Gasteiger partial charge in [0, 0.05) is 18.1 Å². The third kappa shape index (κ3) is 3.38. The Morgan fingerprint density at radius 2 is 1.96 bits per heavy atom. The van der Waals surface area contributed by atoms with Crippen LogP contribution in [0.5, 0.6) is 5.75 Å². The number of aryl methyl sites for hydroxylation is 1. The zero-order chi connectivity index (χ0) is 19.7. The molecule has 1 atom stereocenters. The van der Waals surface area contributed by atoms with E-state index in [1.54, 1.807) is 22.6 Å². The van der Waals surface area contributed by atoms with Crippen molar-refractivity contribution in [1.82, 2.24) is 9.29 Å². The van der Waals surface area contributed by atoms with Crippen molar-refractivity contribution >= 4 is 20.9 Å². The quantitative estimate of drug-likeness (QED) is 0.638. The maximum absolute atomic E-state index is 13.5. The lowest BCUT2D eigenvalue weighted by Crippen LogP contribution is -2.31. The molecule has 1 aliphatic heterocycles. The topological polar surface area (TPSA) is 59.5 Å². The standard InChI is InChI=1S/C22H24N2O3S/c1-3-27-19-11-9-17(10-12-19)20-7-5-13-24(20)28(25,26)21-8-4-6-18-14-16(2)15-23-22(18)21/h4,6,8-12,14-15,20H,3,5,7,13H2,1-2H3/t20-/m1/s1. The van der Waals surface area contributed by atoms with E-state index in [9.17, 15) is 8.42 Å². The minimum Gasteiger partial charge on any atom is -0.494 e. The van der Waals surface area contributed by atoms with Crippen LogP contribution in [0.4, 0.5) is 0 Å². The van der Waals surface area contributed by atoms with Gasteiger partial charge >= 0.3 is 0 Å². The van der Waals surface area contributed by atoms with E-state index >= 15 is 0 Å². The number of ether oxygens (including phenoxy) is 1. The molecule has 1 aliphatic rings. The van der Waals surface area contributed by atoms with Crippen LogP contribution in [0.15, 0.2) is 59.6 Å². The largest absolute Gasteiger partial charge is 0.494 e. The number of hydrogen-bond acceptors (Lipinski definition) is 4. The van der Waals surface area contributed by atoms with Gasteiger partial charge in [-0.2, -0.15) is 4.31 Å². The second kappa shape index (κ2) is 7.53. The van der Waals surface area contributed by atoms with E-state index in [1.165, 1.54) is 0 Å². The van der Waals surface area contributed by atoms with Gasteiger partial charge in [0.25, 0.3) is 0 Å². The van der Waals surface area contributed by atoms with Crippen molar-refractivity contribution in [2.24, 2.45) is 0 Å². The normalized spacial score (nSPS) is 17.9. The monoisotopic (exact) mass is 396 g/mol. The summed E-state index contributed by atoms with van der Waals surface area (Å²) in [5, 5.41) is 0.845. The van der Waals surface area contributed by atoms with E-state index in [4.69, 9.17) is 4.74 Å². The van der Waals surface area contributed by atoms with Crippen LogP contribution < -0.4 is 4.74 Å². The SMILES string of the molecule is CCOc1ccc([C@H]2CCCN2S(=O)(=O)c2cccc3cc(C)cnc23)cc1. The zero-order valence-corrected chi connectivity index (χ0v) is 16.9. The molecule has 0 unspecified atom stereocenters. The van der Waals surface area contributed by atoms with Crippen molar-refractivity contribution in [3.63, 3.8) is 0 Å². The second-order valence-corrected chi connectivity index (χ2v) is 8.98. The summed E-state index contributed by atoms with van der Waals surface area (Å²) in [5.41, 5.74) is 2.54. The van der Waals surface area contributed by atoms with E-state index in [0.717, 1.165) is 35.1 Å². The fourth-order valence-electron chi connectivity index (χ4n) is 3.89. The highest BCUT2D eigenvalue weighted by Gasteiger charge is 2.37. The lowest BCUT2D eigenvalue weighted by atomic mass is 10.1. The maximum atomic E-state index is 13.5. The number of sulfonamides is 1. The van der Waals surface area contributed by atoms with Crippen LogP contribution >= 0.6 is 0 Å². The Morgan fingerprint density at radius 3 is 2.71 bits per heavy atom. The highest BCUT2D eigenvalue weighted by molar-refractivity contribution is 7.89. The number of pyridine rings is 1. The first-order valence-corrected chi connectivity index (χ1v) is 11.0. The summed E-state index contributed by atoms with van der Waals surface area (Å²) in [4.78, 5) is 4.71. The number of rotatable bonds is 5. The molecule has 0 amide bonds. The smallest absolute Gasteiger partial charge is 0.245 e. The predicted molar refractivity (Wildman–Crippen MR) is 110 cm³/mol. The molecule has 0 saturated carbocycles. The van der Waals surface area contributed by atoms with E-state index in [0.29, 0.717) is 18.7 Å². The Balaban J connectivity index is 1.72. The van der Waals surface area contributed by atoms with Crippen LogP contribution in [-0.2, 0) is 10.0 Å². The van der Waals surface area contributed by atoms with Gasteiger partial charge < -0.3 is 4.74 Å². The first kappa shape index (κ1) is 18.9. The second-order valence-electron chi connectivity index (χ2n) is 7.12. The van der Waals surface area contributed by atoms with Crippen molar-refractivity contribution in [2.75, 3.05) is 13.2 Å². The fourth-order valence-corrected chi connectivity index (χ4v) is 5.74. The minimum atomic E-state index is -3.66. The molecule has 0 radical (unpaired) electrons. The van der Waals surface area contributed by atoms with E-state index in [1.807, 2.05) is 50.2 Å². The molecule has 5 nitrogen and oxygen atoms in total. The van der Waals surface area contributed by atoms with Crippen molar-refractivity contribution in [3.8, 4) is 5.75 Å². The van der Waals surface area contributed by atoms with Crippen LogP contribution in [0.2, 0.25) is 0 Å². The van der Waals surface area contributed by atoms with Crippen molar-refractivity contribution in [2.45, 2.75) is 37.6 Å². The summed E-state index contributed by atoms with van der Waals surface area (Å²) in [7, 11) is -3.66. The molecule has 3 aromatic rings. The Hall–Kier alpha value is -2.44. The van der Waals surface area contributed by atoms with E-state index in [2.05, 4.69) is 4.98 Å². The molecule has 4 rings (SSSR count). The predicted octanol–water partition coefficient (Wildman–Crippen LogP) is 4.47. The Kier molecular flexibility index (Phi) is 5.08. The van der Waals surface area contributed by atoms with Crippen molar-refractivity contribution in [3.05, 3.63) is 65.9 Å². The Morgan fingerprint density at radius 1 is 1.18 bits per heavy atom. The average molecular weight is 397 g/mol. The third-order valence-corrected chi connectivity index (χ3v) is 7.12. The van der Waals surface area contributed by atoms with Crippen LogP contribution in [0.1, 0.15) is 36.9 Å². The Bertz CT molecular complexity index is 1090. The lowest BCUT2D eigenvalue weighted by Gasteiger charge is -2.25. The first-order chi connectivity index (χ1) is 13.5. The van der Waals surface area contributed by atoms with Gasteiger partial charge in [0.05, 0.1) is 18.2 Å². The van der Waals surface area contributed by atoms with E-state index in [-0.39, 0.29) is 10.9 Å². The summed E-state index contributed by atoms with van der Waals surface area (Å²) < 4.78 is 34.2. The van der Waals surface area contributed by atoms with Gasteiger partial charge in [0.2, 0.25) is 10.0 Å². The summed E-state index contributed by atoms with van der Waals surface area (Å²) in [6, 6.07) is 14.9. The van der Waals surface area contributed by atoms with Crippen LogP contribution in [0, 0.1) is 6.92 Å². The number of nitrogens with zero attached hydrogens (tertiary/aromatic N) is 2. The molecule has 1 saturated heterocycles. The van der Waals surface area contributed by atoms with Gasteiger partial charge in [-0.05, 0) is 62.1 Å². The molecule has 0 bridgehead atoms. The van der Waals surface area contributed by atoms with Crippen LogP contribution in [-0.4, -0.2) is 30.9 Å². The molecule has 2 heterocycles. The summed E-state index contributed by atoms with van der Waals surface area (Å²) >= 11 is 0. The fraction of sp³-hybridized carbons (Fsp3) is 0.318. The number of aromatic nitrogens is 1. The summed E-state index contributed by atoms with van der Waals surface area (Å²) in [6.45, 7) is 5.02. The third-order valence-electron chi connectivity index (χ3n) is 5.18. The summed E-state index contributed by atoms with van der Waals surface area (Å²) in [6.07, 6.45) is 3.37. The molecule has 6 heteroatoms. The van der Waals surface area contributed by atoms with Gasteiger partial charge in [-0.3, -0.25) is 4.98 Å². The van der Waals surface area contributed by atoms with Gasteiger partial charge in [-0.25, -0.2) is 8.42 Å². The number of hydrogen-bond donors (Lipinski definition) is 0. The molecular weight excluding hydrogens is 372 g/mol. The minimum absolute atomic E-state index is 0.165. The van der Waals surface area contributed by atoms with Gasteiger partial charge in [-0.1, -0.05) is 24.3 Å². The molecule has 0 aliphatic carbocycles.